The van der Waals surface area contributed by atoms with Gasteiger partial charge < -0.3 is 14.5 Å². The number of allylic oxidation sites excluding steroid dienone is 2. The number of hydrogen-bond acceptors (Lipinski definition) is 4. The van der Waals surface area contributed by atoms with Crippen LogP contribution in [0.1, 0.15) is 19.1 Å². The smallest absolute Gasteiger partial charge is 0.276 e. The molecule has 1 aromatic rings. The number of methoxy groups -OCH3 is 1. The minimum atomic E-state index is -0.108. The number of ether oxygens (including phenoxy) is 1. The molecule has 0 aromatic carbocycles. The van der Waals surface area contributed by atoms with Crippen LogP contribution in [0.25, 0.3) is 6.08 Å². The van der Waals surface area contributed by atoms with Crippen LogP contribution >= 0.6 is 12.2 Å². The second-order valence-electron chi connectivity index (χ2n) is 4.70. The van der Waals surface area contributed by atoms with E-state index in [2.05, 4.69) is 5.32 Å². The van der Waals surface area contributed by atoms with Gasteiger partial charge >= 0.3 is 0 Å². The van der Waals surface area contributed by atoms with Crippen molar-refractivity contribution >= 4 is 29.3 Å². The first-order valence-electron chi connectivity index (χ1n) is 6.67. The Morgan fingerprint density at radius 1 is 1.57 bits per heavy atom. The SMILES string of the molecule is COCCCN1C(=O)/C(=C\C(C)=C\c2ccco2)NC1=S. The highest BCUT2D eigenvalue weighted by Crippen LogP contribution is 2.15. The number of nitrogens with zero attached hydrogens (tertiary/aromatic N) is 1. The number of amides is 1. The molecule has 0 bridgehead atoms. The van der Waals surface area contributed by atoms with Crippen LogP contribution in [0.3, 0.4) is 0 Å². The van der Waals surface area contributed by atoms with Crippen molar-refractivity contribution in [3.8, 4) is 0 Å². The van der Waals surface area contributed by atoms with Crippen LogP contribution in [-0.2, 0) is 9.53 Å². The number of thiocarbonyl (C=S) groups is 1. The second-order valence-corrected chi connectivity index (χ2v) is 5.08. The molecule has 1 saturated heterocycles. The van der Waals surface area contributed by atoms with E-state index < -0.39 is 0 Å². The van der Waals surface area contributed by atoms with Gasteiger partial charge in [-0.05, 0) is 55.4 Å². The van der Waals surface area contributed by atoms with Gasteiger partial charge in [0.05, 0.1) is 6.26 Å². The number of hydrogen-bond donors (Lipinski definition) is 1. The average Bonchev–Trinajstić information content (AvgIpc) is 3.02. The van der Waals surface area contributed by atoms with Gasteiger partial charge in [0.2, 0.25) is 0 Å². The third-order valence-corrected chi connectivity index (χ3v) is 3.30. The standard InChI is InChI=1S/C15H18N2O3S/c1-11(9-12-5-3-8-20-12)10-13-14(18)17(15(21)16-13)6-4-7-19-2/h3,5,8-10H,4,6-7H2,1-2H3,(H,16,21)/b11-9+,13-10+. The Morgan fingerprint density at radius 2 is 2.38 bits per heavy atom. The lowest BCUT2D eigenvalue weighted by molar-refractivity contribution is -0.122. The quantitative estimate of drug-likeness (QED) is 0.496. The van der Waals surface area contributed by atoms with Gasteiger partial charge in [0.15, 0.2) is 5.11 Å². The summed E-state index contributed by atoms with van der Waals surface area (Å²) in [6.07, 6.45) is 5.99. The number of carbonyl (C=O) groups excluding carboxylic acids is 1. The fraction of sp³-hybridized carbons (Fsp3) is 0.333. The van der Waals surface area contributed by atoms with E-state index in [1.54, 1.807) is 24.3 Å². The molecule has 0 radical (unpaired) electrons. The van der Waals surface area contributed by atoms with Gasteiger partial charge in [0.1, 0.15) is 11.5 Å². The minimum Gasteiger partial charge on any atom is -0.465 e. The molecule has 1 aliphatic heterocycles. The lowest BCUT2D eigenvalue weighted by Crippen LogP contribution is -2.32. The third kappa shape index (κ3) is 4.03. The molecule has 0 atom stereocenters. The van der Waals surface area contributed by atoms with Crippen molar-refractivity contribution in [3.63, 3.8) is 0 Å². The van der Waals surface area contributed by atoms with Gasteiger partial charge in [0.25, 0.3) is 5.91 Å². The maximum Gasteiger partial charge on any atom is 0.276 e. The van der Waals surface area contributed by atoms with Crippen LogP contribution in [0.2, 0.25) is 0 Å². The third-order valence-electron chi connectivity index (χ3n) is 2.98. The first kappa shape index (κ1) is 15.5. The summed E-state index contributed by atoms with van der Waals surface area (Å²) < 4.78 is 10.2. The van der Waals surface area contributed by atoms with Crippen molar-refractivity contribution in [2.45, 2.75) is 13.3 Å². The average molecular weight is 306 g/mol. The summed E-state index contributed by atoms with van der Waals surface area (Å²) in [6.45, 7) is 3.06. The molecular formula is C15H18N2O3S. The second kappa shape index (κ2) is 7.19. The van der Waals surface area contributed by atoms with Crippen LogP contribution in [0.4, 0.5) is 0 Å². The molecule has 6 heteroatoms. The van der Waals surface area contributed by atoms with Gasteiger partial charge in [-0.15, -0.1) is 0 Å². The molecule has 21 heavy (non-hydrogen) atoms. The Kier molecular flexibility index (Phi) is 5.30. The molecule has 112 valence electrons. The molecule has 0 spiro atoms. The molecule has 0 aliphatic carbocycles. The summed E-state index contributed by atoms with van der Waals surface area (Å²) in [7, 11) is 1.64. The van der Waals surface area contributed by atoms with Crippen LogP contribution in [-0.4, -0.2) is 36.2 Å². The Balaban J connectivity index is 2.05. The zero-order chi connectivity index (χ0) is 15.2. The molecule has 5 nitrogen and oxygen atoms in total. The first-order chi connectivity index (χ1) is 10.1. The number of rotatable bonds is 6. The number of carbonyl (C=O) groups is 1. The van der Waals surface area contributed by atoms with Crippen molar-refractivity contribution in [3.05, 3.63) is 41.5 Å². The van der Waals surface area contributed by atoms with Crippen LogP contribution in [0.5, 0.6) is 0 Å². The zero-order valence-corrected chi connectivity index (χ0v) is 12.9. The highest BCUT2D eigenvalue weighted by Gasteiger charge is 2.29. The van der Waals surface area contributed by atoms with E-state index in [9.17, 15) is 4.79 Å². The molecular weight excluding hydrogens is 288 g/mol. The largest absolute Gasteiger partial charge is 0.465 e. The number of nitrogens with one attached hydrogen (secondary N) is 1. The molecule has 2 heterocycles. The molecule has 2 rings (SSSR count). The summed E-state index contributed by atoms with van der Waals surface area (Å²) in [5, 5.41) is 3.39. The monoisotopic (exact) mass is 306 g/mol. The predicted octanol–water partition coefficient (Wildman–Crippen LogP) is 2.32. The Bertz CT molecular complexity index is 576. The highest BCUT2D eigenvalue weighted by atomic mass is 32.1. The van der Waals surface area contributed by atoms with Crippen molar-refractivity contribution in [1.29, 1.82) is 0 Å². The molecule has 1 aromatic heterocycles. The lowest BCUT2D eigenvalue weighted by Gasteiger charge is -2.12. The van der Waals surface area contributed by atoms with Crippen molar-refractivity contribution in [2.24, 2.45) is 0 Å². The van der Waals surface area contributed by atoms with Crippen molar-refractivity contribution in [2.75, 3.05) is 20.3 Å². The molecule has 1 amide bonds. The highest BCUT2D eigenvalue weighted by molar-refractivity contribution is 7.80. The van der Waals surface area contributed by atoms with Gasteiger partial charge in [-0.3, -0.25) is 9.69 Å². The Morgan fingerprint density at radius 3 is 3.05 bits per heavy atom. The van der Waals surface area contributed by atoms with Gasteiger partial charge in [-0.25, -0.2) is 0 Å². The van der Waals surface area contributed by atoms with E-state index in [1.807, 2.05) is 25.1 Å². The van der Waals surface area contributed by atoms with Crippen molar-refractivity contribution < 1.29 is 13.9 Å². The maximum absolute atomic E-state index is 12.3. The molecule has 1 N–H and O–H groups in total. The zero-order valence-electron chi connectivity index (χ0n) is 12.1. The normalized spacial score (nSPS) is 17.7. The summed E-state index contributed by atoms with van der Waals surface area (Å²) in [4.78, 5) is 13.8. The van der Waals surface area contributed by atoms with E-state index in [0.717, 1.165) is 17.8 Å². The molecule has 1 aliphatic rings. The molecule has 0 unspecified atom stereocenters. The van der Waals surface area contributed by atoms with Gasteiger partial charge in [0, 0.05) is 20.3 Å². The summed E-state index contributed by atoms with van der Waals surface area (Å²) >= 11 is 5.19. The lowest BCUT2D eigenvalue weighted by atomic mass is 10.2. The van der Waals surface area contributed by atoms with E-state index in [4.69, 9.17) is 21.4 Å². The molecule has 1 fully saturated rings. The number of furan rings is 1. The predicted molar refractivity (Wildman–Crippen MR) is 84.4 cm³/mol. The van der Waals surface area contributed by atoms with Crippen molar-refractivity contribution in [1.82, 2.24) is 10.2 Å². The Labute approximate surface area is 129 Å². The van der Waals surface area contributed by atoms with Gasteiger partial charge in [-0.2, -0.15) is 0 Å². The minimum absolute atomic E-state index is 0.108. The van der Waals surface area contributed by atoms with Crippen LogP contribution in [0, 0.1) is 0 Å². The first-order valence-corrected chi connectivity index (χ1v) is 7.08. The topological polar surface area (TPSA) is 54.7 Å². The maximum atomic E-state index is 12.3. The van der Waals surface area contributed by atoms with Gasteiger partial charge in [-0.1, -0.05) is 0 Å². The van der Waals surface area contributed by atoms with E-state index >= 15 is 0 Å². The van der Waals surface area contributed by atoms with Crippen LogP contribution < -0.4 is 5.32 Å². The Hall–Kier alpha value is -1.92. The van der Waals surface area contributed by atoms with E-state index in [0.29, 0.717) is 24.0 Å². The fourth-order valence-electron chi connectivity index (χ4n) is 2.01. The van der Waals surface area contributed by atoms with Crippen LogP contribution in [0.15, 0.2) is 40.2 Å². The summed E-state index contributed by atoms with van der Waals surface area (Å²) in [6, 6.07) is 3.67. The summed E-state index contributed by atoms with van der Waals surface area (Å²) in [5.74, 6) is 0.637. The molecule has 0 saturated carbocycles. The van der Waals surface area contributed by atoms with E-state index in [-0.39, 0.29) is 5.91 Å². The summed E-state index contributed by atoms with van der Waals surface area (Å²) in [5.41, 5.74) is 1.39. The fourth-order valence-corrected chi connectivity index (χ4v) is 2.29. The van der Waals surface area contributed by atoms with E-state index in [1.165, 1.54) is 0 Å².